The number of nitrogens with zero attached hydrogens (tertiary/aromatic N) is 2. The molecular weight excluding hydrogens is 232 g/mol. The van der Waals surface area contributed by atoms with E-state index < -0.39 is 5.60 Å². The molecule has 2 fully saturated rings. The van der Waals surface area contributed by atoms with Crippen LogP contribution in [-0.4, -0.2) is 53.1 Å². The highest BCUT2D eigenvalue weighted by atomic mass is 16.6. The molecule has 0 aromatic carbocycles. The average Bonchev–Trinajstić information content (AvgIpc) is 2.26. The average molecular weight is 254 g/mol. The molecule has 1 atom stereocenters. The Balaban J connectivity index is 1.99. The molecule has 0 bridgehead atoms. The van der Waals surface area contributed by atoms with Gasteiger partial charge in [-0.2, -0.15) is 0 Å². The number of hydrogen-bond acceptors (Lipinski definition) is 3. The lowest BCUT2D eigenvalue weighted by Crippen LogP contribution is -2.59. The second-order valence-corrected chi connectivity index (χ2v) is 6.10. The number of carbonyl (C=O) groups excluding carboxylic acids is 2. The summed E-state index contributed by atoms with van der Waals surface area (Å²) in [6, 6.07) is 0.188. The molecule has 2 aliphatic heterocycles. The molecule has 5 heteroatoms. The van der Waals surface area contributed by atoms with Gasteiger partial charge in [-0.05, 0) is 40.0 Å². The van der Waals surface area contributed by atoms with Crippen LogP contribution in [0, 0.1) is 0 Å². The first-order chi connectivity index (χ1) is 8.37. The third kappa shape index (κ3) is 2.94. The van der Waals surface area contributed by atoms with Gasteiger partial charge >= 0.3 is 6.09 Å². The van der Waals surface area contributed by atoms with Crippen molar-refractivity contribution >= 4 is 12.0 Å². The molecule has 0 aromatic rings. The fourth-order valence-electron chi connectivity index (χ4n) is 2.56. The summed E-state index contributed by atoms with van der Waals surface area (Å²) >= 11 is 0. The smallest absolute Gasteiger partial charge is 0.410 e. The standard InChI is InChI=1S/C13H22N2O3/c1-13(2,3)18-12(17)14-8-10-6-4-5-7-15(10)11(16)9-14/h10H,4-9H2,1-3H3/t10-/m1/s1. The van der Waals surface area contributed by atoms with E-state index in [1.807, 2.05) is 25.7 Å². The van der Waals surface area contributed by atoms with Crippen LogP contribution in [0.5, 0.6) is 0 Å². The predicted molar refractivity (Wildman–Crippen MR) is 67.2 cm³/mol. The van der Waals surface area contributed by atoms with E-state index in [1.165, 1.54) is 0 Å². The number of carbonyl (C=O) groups is 2. The van der Waals surface area contributed by atoms with Crippen LogP contribution in [0.3, 0.4) is 0 Å². The highest BCUT2D eigenvalue weighted by molar-refractivity contribution is 5.84. The van der Waals surface area contributed by atoms with Crippen LogP contribution in [-0.2, 0) is 9.53 Å². The number of hydrogen-bond donors (Lipinski definition) is 0. The summed E-state index contributed by atoms with van der Waals surface area (Å²) < 4.78 is 5.32. The molecule has 18 heavy (non-hydrogen) atoms. The second kappa shape index (κ2) is 4.78. The lowest BCUT2D eigenvalue weighted by atomic mass is 9.99. The van der Waals surface area contributed by atoms with Gasteiger partial charge in [-0.15, -0.1) is 0 Å². The largest absolute Gasteiger partial charge is 0.444 e. The maximum atomic E-state index is 12.0. The first kappa shape index (κ1) is 13.2. The van der Waals surface area contributed by atoms with Crippen LogP contribution in [0.1, 0.15) is 40.0 Å². The van der Waals surface area contributed by atoms with Gasteiger partial charge in [0.05, 0.1) is 0 Å². The summed E-state index contributed by atoms with van der Waals surface area (Å²) in [6.45, 7) is 7.12. The SMILES string of the molecule is CC(C)(C)OC(=O)N1CC(=O)N2CCCC[C@@H]2C1. The number of rotatable bonds is 0. The van der Waals surface area contributed by atoms with Crippen molar-refractivity contribution in [1.29, 1.82) is 0 Å². The Labute approximate surface area is 108 Å². The van der Waals surface area contributed by atoms with Crippen LogP contribution >= 0.6 is 0 Å². The highest BCUT2D eigenvalue weighted by Crippen LogP contribution is 2.23. The van der Waals surface area contributed by atoms with Crippen molar-refractivity contribution in [3.05, 3.63) is 0 Å². The zero-order valence-electron chi connectivity index (χ0n) is 11.4. The van der Waals surface area contributed by atoms with E-state index in [1.54, 1.807) is 4.90 Å². The van der Waals surface area contributed by atoms with Crippen LogP contribution in [0.15, 0.2) is 0 Å². The minimum absolute atomic E-state index is 0.0526. The minimum atomic E-state index is -0.510. The fourth-order valence-corrected chi connectivity index (χ4v) is 2.56. The summed E-state index contributed by atoms with van der Waals surface area (Å²) in [7, 11) is 0. The summed E-state index contributed by atoms with van der Waals surface area (Å²) in [4.78, 5) is 27.4. The fraction of sp³-hybridized carbons (Fsp3) is 0.846. The number of piperidine rings is 1. The molecule has 102 valence electrons. The zero-order chi connectivity index (χ0) is 13.3. The number of fused-ring (bicyclic) bond motifs is 1. The van der Waals surface area contributed by atoms with Gasteiger partial charge in [0.15, 0.2) is 0 Å². The quantitative estimate of drug-likeness (QED) is 0.660. The Kier molecular flexibility index (Phi) is 3.50. The second-order valence-electron chi connectivity index (χ2n) is 6.10. The molecule has 0 radical (unpaired) electrons. The van der Waals surface area contributed by atoms with Crippen molar-refractivity contribution < 1.29 is 14.3 Å². The number of ether oxygens (including phenoxy) is 1. The van der Waals surface area contributed by atoms with Crippen molar-refractivity contribution in [3.8, 4) is 0 Å². The Morgan fingerprint density at radius 3 is 2.72 bits per heavy atom. The van der Waals surface area contributed by atoms with Gasteiger partial charge < -0.3 is 9.64 Å². The molecule has 2 heterocycles. The van der Waals surface area contributed by atoms with Crippen LogP contribution in [0.4, 0.5) is 4.79 Å². The van der Waals surface area contributed by atoms with Gasteiger partial charge in [-0.3, -0.25) is 9.69 Å². The molecule has 0 spiro atoms. The normalized spacial score (nSPS) is 24.8. The van der Waals surface area contributed by atoms with E-state index >= 15 is 0 Å². The van der Waals surface area contributed by atoms with Crippen LogP contribution in [0.25, 0.3) is 0 Å². The van der Waals surface area contributed by atoms with Gasteiger partial charge in [0.25, 0.3) is 0 Å². The monoisotopic (exact) mass is 254 g/mol. The lowest BCUT2D eigenvalue weighted by molar-refractivity contribution is -0.141. The van der Waals surface area contributed by atoms with E-state index in [-0.39, 0.29) is 24.6 Å². The molecule has 0 aliphatic carbocycles. The molecule has 0 N–H and O–H groups in total. The Hall–Kier alpha value is -1.26. The van der Waals surface area contributed by atoms with E-state index in [2.05, 4.69) is 0 Å². The molecule has 0 saturated carbocycles. The highest BCUT2D eigenvalue weighted by Gasteiger charge is 2.37. The lowest BCUT2D eigenvalue weighted by Gasteiger charge is -2.43. The molecule has 2 saturated heterocycles. The molecule has 0 unspecified atom stereocenters. The summed E-state index contributed by atoms with van der Waals surface area (Å²) in [5.74, 6) is 0.0526. The molecule has 2 aliphatic rings. The topological polar surface area (TPSA) is 49.9 Å². The van der Waals surface area contributed by atoms with Crippen molar-refractivity contribution in [3.63, 3.8) is 0 Å². The third-order valence-electron chi connectivity index (χ3n) is 3.36. The minimum Gasteiger partial charge on any atom is -0.444 e. The number of piperazine rings is 1. The number of amides is 2. The van der Waals surface area contributed by atoms with E-state index in [0.29, 0.717) is 6.54 Å². The molecule has 0 aromatic heterocycles. The maximum absolute atomic E-state index is 12.0. The van der Waals surface area contributed by atoms with Crippen molar-refractivity contribution in [2.75, 3.05) is 19.6 Å². The molecule has 2 rings (SSSR count). The van der Waals surface area contributed by atoms with E-state index in [4.69, 9.17) is 4.74 Å². The first-order valence-electron chi connectivity index (χ1n) is 6.64. The van der Waals surface area contributed by atoms with Crippen LogP contribution in [0.2, 0.25) is 0 Å². The van der Waals surface area contributed by atoms with E-state index in [0.717, 1.165) is 25.8 Å². The van der Waals surface area contributed by atoms with Gasteiger partial charge in [0.2, 0.25) is 5.91 Å². The van der Waals surface area contributed by atoms with Gasteiger partial charge in [-0.25, -0.2) is 4.79 Å². The summed E-state index contributed by atoms with van der Waals surface area (Å²) in [6.07, 6.45) is 2.83. The molecule has 2 amide bonds. The van der Waals surface area contributed by atoms with Gasteiger partial charge in [0, 0.05) is 19.1 Å². The third-order valence-corrected chi connectivity index (χ3v) is 3.36. The molecular formula is C13H22N2O3. The van der Waals surface area contributed by atoms with Crippen molar-refractivity contribution in [2.45, 2.75) is 51.7 Å². The Bertz CT molecular complexity index is 349. The Morgan fingerprint density at radius 1 is 1.33 bits per heavy atom. The van der Waals surface area contributed by atoms with Gasteiger partial charge in [-0.1, -0.05) is 0 Å². The predicted octanol–water partition coefficient (Wildman–Crippen LogP) is 1.62. The van der Waals surface area contributed by atoms with Gasteiger partial charge in [0.1, 0.15) is 12.1 Å². The first-order valence-corrected chi connectivity index (χ1v) is 6.64. The zero-order valence-corrected chi connectivity index (χ0v) is 11.4. The van der Waals surface area contributed by atoms with Crippen molar-refractivity contribution in [1.82, 2.24) is 9.80 Å². The maximum Gasteiger partial charge on any atom is 0.410 e. The van der Waals surface area contributed by atoms with Crippen LogP contribution < -0.4 is 0 Å². The summed E-state index contributed by atoms with van der Waals surface area (Å²) in [5.41, 5.74) is -0.510. The summed E-state index contributed by atoms with van der Waals surface area (Å²) in [5, 5.41) is 0. The Morgan fingerprint density at radius 2 is 2.06 bits per heavy atom. The van der Waals surface area contributed by atoms with Crippen molar-refractivity contribution in [2.24, 2.45) is 0 Å². The van der Waals surface area contributed by atoms with E-state index in [9.17, 15) is 9.59 Å². The molecule has 5 nitrogen and oxygen atoms in total.